The van der Waals surface area contributed by atoms with Crippen molar-refractivity contribution in [2.24, 2.45) is 0 Å². The number of esters is 2. The Labute approximate surface area is 152 Å². The summed E-state index contributed by atoms with van der Waals surface area (Å²) < 4.78 is 20.7. The van der Waals surface area contributed by atoms with Crippen molar-refractivity contribution in [3.05, 3.63) is 59.7 Å². The third-order valence-corrected chi connectivity index (χ3v) is 3.38. The summed E-state index contributed by atoms with van der Waals surface area (Å²) >= 11 is 0. The lowest BCUT2D eigenvalue weighted by molar-refractivity contribution is 0.0505. The minimum Gasteiger partial charge on any atom is -0.491 e. The number of hydrogen-bond acceptors (Lipinski definition) is 6. The fraction of sp³-hybridized carbons (Fsp3) is 0.300. The van der Waals surface area contributed by atoms with Gasteiger partial charge < -0.3 is 18.9 Å². The standard InChI is InChI=1S/C20H22O6/c1-3-12-25-19(21)15-6-10-18(11-7-15)26-20(22)16-4-8-17(9-5-16)24-14-13-23-2/h4-11H,3,12-14H2,1-2H3. The van der Waals surface area contributed by atoms with E-state index in [0.29, 0.717) is 42.4 Å². The van der Waals surface area contributed by atoms with Crippen LogP contribution in [-0.2, 0) is 9.47 Å². The zero-order valence-electron chi connectivity index (χ0n) is 14.9. The molecule has 0 unspecified atom stereocenters. The van der Waals surface area contributed by atoms with E-state index in [-0.39, 0.29) is 0 Å². The minimum atomic E-state index is -0.491. The summed E-state index contributed by atoms with van der Waals surface area (Å²) in [5, 5.41) is 0. The third-order valence-electron chi connectivity index (χ3n) is 3.38. The normalized spacial score (nSPS) is 10.2. The molecule has 0 N–H and O–H groups in total. The summed E-state index contributed by atoms with van der Waals surface area (Å²) in [4.78, 5) is 23.9. The van der Waals surface area contributed by atoms with Gasteiger partial charge in [-0.1, -0.05) is 6.92 Å². The van der Waals surface area contributed by atoms with Crippen LogP contribution in [0.15, 0.2) is 48.5 Å². The van der Waals surface area contributed by atoms with Crippen molar-refractivity contribution in [3.63, 3.8) is 0 Å². The van der Waals surface area contributed by atoms with Gasteiger partial charge in [0.15, 0.2) is 0 Å². The van der Waals surface area contributed by atoms with Gasteiger partial charge in [-0.15, -0.1) is 0 Å². The number of methoxy groups -OCH3 is 1. The number of carbonyl (C=O) groups excluding carboxylic acids is 2. The highest BCUT2D eigenvalue weighted by Gasteiger charge is 2.11. The van der Waals surface area contributed by atoms with Crippen LogP contribution in [0.2, 0.25) is 0 Å². The first kappa shape index (κ1) is 19.5. The van der Waals surface area contributed by atoms with Crippen LogP contribution in [0.5, 0.6) is 11.5 Å². The van der Waals surface area contributed by atoms with Crippen molar-refractivity contribution in [2.45, 2.75) is 13.3 Å². The molecule has 2 rings (SSSR count). The molecule has 0 aliphatic carbocycles. The van der Waals surface area contributed by atoms with E-state index in [2.05, 4.69) is 0 Å². The molecule has 0 spiro atoms. The first-order chi connectivity index (χ1) is 12.6. The van der Waals surface area contributed by atoms with Crippen molar-refractivity contribution in [3.8, 4) is 11.5 Å². The average Bonchev–Trinajstić information content (AvgIpc) is 2.67. The zero-order chi connectivity index (χ0) is 18.8. The fourth-order valence-corrected chi connectivity index (χ4v) is 2.03. The lowest BCUT2D eigenvalue weighted by Crippen LogP contribution is -2.09. The number of rotatable bonds is 9. The van der Waals surface area contributed by atoms with E-state index in [1.54, 1.807) is 55.6 Å². The Kier molecular flexibility index (Phi) is 7.64. The van der Waals surface area contributed by atoms with Crippen LogP contribution in [0.3, 0.4) is 0 Å². The third kappa shape index (κ3) is 5.89. The van der Waals surface area contributed by atoms with E-state index in [0.717, 1.165) is 6.42 Å². The van der Waals surface area contributed by atoms with Crippen molar-refractivity contribution in [2.75, 3.05) is 26.9 Å². The molecule has 0 amide bonds. The topological polar surface area (TPSA) is 71.1 Å². The quantitative estimate of drug-likeness (QED) is 0.388. The summed E-state index contributed by atoms with van der Waals surface area (Å²) in [6.45, 7) is 3.23. The largest absolute Gasteiger partial charge is 0.491 e. The van der Waals surface area contributed by atoms with Gasteiger partial charge in [0.25, 0.3) is 0 Å². The monoisotopic (exact) mass is 358 g/mol. The van der Waals surface area contributed by atoms with Gasteiger partial charge in [-0.05, 0) is 55.0 Å². The van der Waals surface area contributed by atoms with Crippen molar-refractivity contribution in [1.82, 2.24) is 0 Å². The molecule has 6 nitrogen and oxygen atoms in total. The average molecular weight is 358 g/mol. The van der Waals surface area contributed by atoms with E-state index in [1.165, 1.54) is 0 Å². The van der Waals surface area contributed by atoms with E-state index in [4.69, 9.17) is 18.9 Å². The second-order valence-electron chi connectivity index (χ2n) is 5.42. The molecule has 0 heterocycles. The van der Waals surface area contributed by atoms with Gasteiger partial charge in [-0.25, -0.2) is 9.59 Å². The molecule has 26 heavy (non-hydrogen) atoms. The number of carbonyl (C=O) groups is 2. The van der Waals surface area contributed by atoms with Crippen LogP contribution >= 0.6 is 0 Å². The lowest BCUT2D eigenvalue weighted by Gasteiger charge is -2.08. The molecule has 0 aliphatic heterocycles. The van der Waals surface area contributed by atoms with Crippen LogP contribution < -0.4 is 9.47 Å². The maximum absolute atomic E-state index is 12.2. The maximum atomic E-state index is 12.2. The highest BCUT2D eigenvalue weighted by atomic mass is 16.5. The summed E-state index contributed by atoms with van der Waals surface area (Å²) in [6.07, 6.45) is 0.762. The summed E-state index contributed by atoms with van der Waals surface area (Å²) in [6, 6.07) is 12.9. The van der Waals surface area contributed by atoms with Gasteiger partial charge in [-0.2, -0.15) is 0 Å². The molecular formula is C20H22O6. The smallest absolute Gasteiger partial charge is 0.343 e. The first-order valence-corrected chi connectivity index (χ1v) is 8.35. The van der Waals surface area contributed by atoms with Gasteiger partial charge in [0.2, 0.25) is 0 Å². The maximum Gasteiger partial charge on any atom is 0.343 e. The highest BCUT2D eigenvalue weighted by molar-refractivity contribution is 5.92. The van der Waals surface area contributed by atoms with Crippen LogP contribution in [0, 0.1) is 0 Å². The number of ether oxygens (including phenoxy) is 4. The van der Waals surface area contributed by atoms with E-state index in [9.17, 15) is 9.59 Å². The predicted octanol–water partition coefficient (Wildman–Crippen LogP) is 3.50. The van der Waals surface area contributed by atoms with Crippen LogP contribution in [0.1, 0.15) is 34.1 Å². The second-order valence-corrected chi connectivity index (χ2v) is 5.42. The summed E-state index contributed by atoms with van der Waals surface area (Å²) in [5.74, 6) is 0.111. The minimum absolute atomic E-state index is 0.350. The van der Waals surface area contributed by atoms with Crippen molar-refractivity contribution in [1.29, 1.82) is 0 Å². The number of hydrogen-bond donors (Lipinski definition) is 0. The molecule has 0 aliphatic rings. The first-order valence-electron chi connectivity index (χ1n) is 8.35. The lowest BCUT2D eigenvalue weighted by atomic mass is 10.2. The Hall–Kier alpha value is -2.86. The molecule has 0 atom stereocenters. The predicted molar refractivity (Wildman–Crippen MR) is 95.8 cm³/mol. The van der Waals surface area contributed by atoms with Crippen molar-refractivity contribution < 1.29 is 28.5 Å². The van der Waals surface area contributed by atoms with Gasteiger partial charge >= 0.3 is 11.9 Å². The molecule has 6 heteroatoms. The second kappa shape index (κ2) is 10.2. The molecule has 0 bridgehead atoms. The fourth-order valence-electron chi connectivity index (χ4n) is 2.03. The summed E-state index contributed by atoms with van der Waals surface area (Å²) in [5.41, 5.74) is 0.811. The van der Waals surface area contributed by atoms with Gasteiger partial charge in [0.05, 0.1) is 24.3 Å². The van der Waals surface area contributed by atoms with Gasteiger partial charge in [-0.3, -0.25) is 0 Å². The van der Waals surface area contributed by atoms with E-state index < -0.39 is 11.9 Å². The van der Waals surface area contributed by atoms with E-state index >= 15 is 0 Å². The highest BCUT2D eigenvalue weighted by Crippen LogP contribution is 2.17. The van der Waals surface area contributed by atoms with Crippen LogP contribution in [0.25, 0.3) is 0 Å². The molecule has 0 aromatic heterocycles. The molecule has 0 radical (unpaired) electrons. The Morgan fingerprint density at radius 2 is 1.35 bits per heavy atom. The Bertz CT molecular complexity index is 706. The van der Waals surface area contributed by atoms with E-state index in [1.807, 2.05) is 6.92 Å². The molecule has 138 valence electrons. The Morgan fingerprint density at radius 3 is 1.92 bits per heavy atom. The van der Waals surface area contributed by atoms with Gasteiger partial charge in [0.1, 0.15) is 18.1 Å². The molecule has 2 aromatic carbocycles. The number of benzene rings is 2. The summed E-state index contributed by atoms with van der Waals surface area (Å²) in [7, 11) is 1.60. The van der Waals surface area contributed by atoms with Crippen LogP contribution in [-0.4, -0.2) is 38.9 Å². The SMILES string of the molecule is CCCOC(=O)c1ccc(OC(=O)c2ccc(OCCOC)cc2)cc1. The van der Waals surface area contributed by atoms with Crippen molar-refractivity contribution >= 4 is 11.9 Å². The van der Waals surface area contributed by atoms with Crippen LogP contribution in [0.4, 0.5) is 0 Å². The van der Waals surface area contributed by atoms with Gasteiger partial charge in [0, 0.05) is 7.11 Å². The zero-order valence-corrected chi connectivity index (χ0v) is 14.9. The molecular weight excluding hydrogens is 336 g/mol. The Balaban J connectivity index is 1.91. The molecule has 0 saturated carbocycles. The molecule has 2 aromatic rings. The molecule has 0 saturated heterocycles. The Morgan fingerprint density at radius 1 is 0.769 bits per heavy atom. The molecule has 0 fully saturated rings.